The summed E-state index contributed by atoms with van der Waals surface area (Å²) in [6, 6.07) is 92.5. The lowest BCUT2D eigenvalue weighted by Crippen LogP contribution is -2.26. The molecule has 1 heterocycles. The number of anilines is 3. The van der Waals surface area contributed by atoms with E-state index in [0.29, 0.717) is 0 Å². The van der Waals surface area contributed by atoms with Crippen molar-refractivity contribution in [3.8, 4) is 55.6 Å². The van der Waals surface area contributed by atoms with Crippen LogP contribution in [0.5, 0.6) is 0 Å². The molecule has 1 nitrogen and oxygen atoms in total. The predicted octanol–water partition coefficient (Wildman–Crippen LogP) is 18.0. The van der Waals surface area contributed by atoms with Crippen molar-refractivity contribution < 1.29 is 0 Å². The number of benzene rings is 11. The van der Waals surface area contributed by atoms with E-state index in [2.05, 4.69) is 254 Å². The van der Waals surface area contributed by atoms with Gasteiger partial charge in [0.1, 0.15) is 0 Å². The summed E-state index contributed by atoms with van der Waals surface area (Å²) in [5.74, 6) is 0. The van der Waals surface area contributed by atoms with Crippen molar-refractivity contribution in [1.82, 2.24) is 0 Å². The molecule has 0 saturated heterocycles. The van der Waals surface area contributed by atoms with Gasteiger partial charge in [0.25, 0.3) is 0 Å². The first-order valence-corrected chi connectivity index (χ1v) is 24.0. The lowest BCUT2D eigenvalue weighted by molar-refractivity contribution is 0.794. The van der Waals surface area contributed by atoms with Gasteiger partial charge < -0.3 is 4.90 Å². The molecule has 2 aliphatic carbocycles. The number of thiophene rings is 1. The molecule has 0 fully saturated rings. The van der Waals surface area contributed by atoms with Crippen molar-refractivity contribution >= 4 is 59.3 Å². The molecule has 0 radical (unpaired) electrons. The number of hydrogen-bond acceptors (Lipinski definition) is 2. The van der Waals surface area contributed by atoms with Crippen molar-refractivity contribution in [2.75, 3.05) is 4.90 Å². The van der Waals surface area contributed by atoms with Gasteiger partial charge in [0, 0.05) is 26.7 Å². The maximum atomic E-state index is 2.57. The molecule has 0 saturated carbocycles. The van der Waals surface area contributed by atoms with E-state index in [1.807, 2.05) is 11.3 Å². The van der Waals surface area contributed by atoms with Crippen LogP contribution in [-0.4, -0.2) is 0 Å². The van der Waals surface area contributed by atoms with Gasteiger partial charge in [-0.2, -0.15) is 0 Å². The highest BCUT2D eigenvalue weighted by Gasteiger charge is 2.52. The smallest absolute Gasteiger partial charge is 0.0726 e. The molecule has 312 valence electrons. The Morgan fingerprint density at radius 1 is 0.313 bits per heavy atom. The molecule has 2 heteroatoms. The third-order valence-electron chi connectivity index (χ3n) is 14.5. The zero-order valence-electron chi connectivity index (χ0n) is 36.5. The van der Waals surface area contributed by atoms with Crippen LogP contribution < -0.4 is 4.90 Å². The van der Waals surface area contributed by atoms with Crippen molar-refractivity contribution in [2.45, 2.75) is 5.41 Å². The maximum Gasteiger partial charge on any atom is 0.0726 e. The molecule has 11 aromatic carbocycles. The summed E-state index contributed by atoms with van der Waals surface area (Å²) in [4.78, 5) is 2.57. The molecule has 0 N–H and O–H groups in total. The summed E-state index contributed by atoms with van der Waals surface area (Å²) in [5, 5.41) is 5.05. The van der Waals surface area contributed by atoms with Gasteiger partial charge in [-0.1, -0.05) is 218 Å². The monoisotopic (exact) mass is 867 g/mol. The Morgan fingerprint density at radius 3 is 1.58 bits per heavy atom. The van der Waals surface area contributed by atoms with E-state index in [9.17, 15) is 0 Å². The van der Waals surface area contributed by atoms with Crippen molar-refractivity contribution in [2.24, 2.45) is 0 Å². The summed E-state index contributed by atoms with van der Waals surface area (Å²) < 4.78 is 2.55. The number of hydrogen-bond donors (Lipinski definition) is 0. The zero-order valence-corrected chi connectivity index (χ0v) is 37.3. The van der Waals surface area contributed by atoms with Crippen LogP contribution in [0.4, 0.5) is 17.1 Å². The molecule has 14 rings (SSSR count). The Bertz CT molecular complexity index is 3870. The van der Waals surface area contributed by atoms with Crippen molar-refractivity contribution in [3.63, 3.8) is 0 Å². The summed E-state index contributed by atoms with van der Waals surface area (Å²) in [5.41, 5.74) is 20.8. The third kappa shape index (κ3) is 5.54. The third-order valence-corrected chi connectivity index (χ3v) is 15.7. The van der Waals surface area contributed by atoms with Crippen LogP contribution >= 0.6 is 11.3 Å². The van der Waals surface area contributed by atoms with Crippen molar-refractivity contribution in [1.29, 1.82) is 0 Å². The van der Waals surface area contributed by atoms with Crippen LogP contribution in [-0.2, 0) is 5.41 Å². The molecule has 2 aliphatic rings. The van der Waals surface area contributed by atoms with E-state index in [1.165, 1.54) is 109 Å². The fourth-order valence-corrected chi connectivity index (χ4v) is 13.0. The molecule has 12 aromatic rings. The second-order valence-corrected chi connectivity index (χ2v) is 18.9. The van der Waals surface area contributed by atoms with E-state index in [-0.39, 0.29) is 0 Å². The van der Waals surface area contributed by atoms with Crippen LogP contribution in [0, 0.1) is 0 Å². The standard InChI is InChI=1S/C65H41NS/c1-3-18-44(19-4-1)49-39-40-60(64-61(49)54-27-15-26-50(63(54)67-64)45-20-5-2-6-21-45)66(48-37-35-43(36-38-48)47-34-33-42-17-7-8-22-46(42)41-47)59-32-16-31-58-62(59)53-25-11-14-30-57(53)65(58)55-28-12-9-23-51(55)52-24-10-13-29-56(52)65/h1-41H. The van der Waals surface area contributed by atoms with Gasteiger partial charge in [-0.3, -0.25) is 0 Å². The first-order valence-electron chi connectivity index (χ1n) is 23.2. The van der Waals surface area contributed by atoms with Crippen molar-refractivity contribution in [3.05, 3.63) is 271 Å². The van der Waals surface area contributed by atoms with Gasteiger partial charge in [-0.05, 0) is 113 Å². The van der Waals surface area contributed by atoms with Gasteiger partial charge >= 0.3 is 0 Å². The maximum absolute atomic E-state index is 2.57. The number of rotatable bonds is 6. The summed E-state index contributed by atoms with van der Waals surface area (Å²) in [7, 11) is 0. The second kappa shape index (κ2) is 14.9. The Morgan fingerprint density at radius 2 is 0.866 bits per heavy atom. The predicted molar refractivity (Wildman–Crippen MR) is 284 cm³/mol. The normalized spacial score (nSPS) is 12.9. The van der Waals surface area contributed by atoms with E-state index in [4.69, 9.17) is 0 Å². The van der Waals surface area contributed by atoms with E-state index in [1.54, 1.807) is 0 Å². The largest absolute Gasteiger partial charge is 0.308 e. The van der Waals surface area contributed by atoms with Crippen LogP contribution in [0.15, 0.2) is 249 Å². The molecule has 1 spiro atoms. The minimum absolute atomic E-state index is 0.463. The molecule has 1 aromatic heterocycles. The molecule has 0 amide bonds. The Kier molecular flexibility index (Phi) is 8.44. The van der Waals surface area contributed by atoms with Gasteiger partial charge in [0.2, 0.25) is 0 Å². The minimum atomic E-state index is -0.463. The van der Waals surface area contributed by atoms with Crippen LogP contribution in [0.2, 0.25) is 0 Å². The highest BCUT2D eigenvalue weighted by molar-refractivity contribution is 7.27. The summed E-state index contributed by atoms with van der Waals surface area (Å²) >= 11 is 1.91. The molecule has 67 heavy (non-hydrogen) atoms. The molecule has 0 bridgehead atoms. The fraction of sp³-hybridized carbons (Fsp3) is 0.0154. The van der Waals surface area contributed by atoms with Gasteiger partial charge in [0.05, 0.1) is 21.5 Å². The molecule has 0 unspecified atom stereocenters. The summed E-state index contributed by atoms with van der Waals surface area (Å²) in [6.45, 7) is 0. The molecular formula is C65H41NS. The highest BCUT2D eigenvalue weighted by Crippen LogP contribution is 2.65. The van der Waals surface area contributed by atoms with Gasteiger partial charge in [0.15, 0.2) is 0 Å². The van der Waals surface area contributed by atoms with Gasteiger partial charge in [-0.15, -0.1) is 11.3 Å². The Balaban J connectivity index is 1.07. The highest BCUT2D eigenvalue weighted by atomic mass is 32.1. The Hall–Kier alpha value is -8.30. The summed E-state index contributed by atoms with van der Waals surface area (Å²) in [6.07, 6.45) is 0. The first kappa shape index (κ1) is 38.0. The zero-order chi connectivity index (χ0) is 44.1. The van der Waals surface area contributed by atoms with Crippen LogP contribution in [0.1, 0.15) is 22.3 Å². The SMILES string of the molecule is c1ccc(-c2cccc3c2sc2c(N(c4ccc(-c5ccc6ccccc6c5)cc4)c4cccc5c4-c4ccccc4C54c5ccccc5-c5ccccc54)ccc(-c4ccccc4)c23)cc1. The van der Waals surface area contributed by atoms with E-state index < -0.39 is 5.41 Å². The minimum Gasteiger partial charge on any atom is -0.308 e. The number of nitrogens with zero attached hydrogens (tertiary/aromatic N) is 1. The fourth-order valence-electron chi connectivity index (χ4n) is 11.7. The second-order valence-electron chi connectivity index (χ2n) is 17.9. The molecule has 0 atom stereocenters. The topological polar surface area (TPSA) is 3.24 Å². The quantitative estimate of drug-likeness (QED) is 0.161. The van der Waals surface area contributed by atoms with E-state index >= 15 is 0 Å². The average Bonchev–Trinajstić information content (AvgIpc) is 4.05. The Labute approximate surface area is 394 Å². The van der Waals surface area contributed by atoms with E-state index in [0.717, 1.165) is 17.1 Å². The van der Waals surface area contributed by atoms with Crippen LogP contribution in [0.25, 0.3) is 86.6 Å². The average molecular weight is 868 g/mol. The molecular weight excluding hydrogens is 827 g/mol. The lowest BCUT2D eigenvalue weighted by atomic mass is 9.70. The lowest BCUT2D eigenvalue weighted by Gasteiger charge is -2.32. The first-order chi connectivity index (χ1) is 33.3. The molecule has 0 aliphatic heterocycles. The van der Waals surface area contributed by atoms with Crippen LogP contribution in [0.3, 0.4) is 0 Å². The van der Waals surface area contributed by atoms with Gasteiger partial charge in [-0.25, -0.2) is 0 Å². The number of fused-ring (bicyclic) bond motifs is 14.